The van der Waals surface area contributed by atoms with Crippen molar-refractivity contribution in [2.75, 3.05) is 21.3 Å². The first-order valence-corrected chi connectivity index (χ1v) is 9.10. The van der Waals surface area contributed by atoms with Gasteiger partial charge in [-0.15, -0.1) is 0 Å². The van der Waals surface area contributed by atoms with E-state index >= 15 is 0 Å². The number of ether oxygens (including phenoxy) is 3. The molecule has 0 aliphatic heterocycles. The van der Waals surface area contributed by atoms with Crippen LogP contribution in [0.3, 0.4) is 0 Å². The van der Waals surface area contributed by atoms with E-state index < -0.39 is 22.0 Å². The van der Waals surface area contributed by atoms with E-state index in [1.807, 2.05) is 0 Å². The Balaban J connectivity index is 2.17. The number of esters is 2. The first-order chi connectivity index (χ1) is 12.8. The normalized spacial score (nSPS) is 10.9. The van der Waals surface area contributed by atoms with Gasteiger partial charge in [0.25, 0.3) is 0 Å². The summed E-state index contributed by atoms with van der Waals surface area (Å²) in [4.78, 5) is 26.8. The largest absolute Gasteiger partial charge is 0.496 e. The molecule has 0 fully saturated rings. The van der Waals surface area contributed by atoms with Gasteiger partial charge in [-0.05, 0) is 29.8 Å². The summed E-state index contributed by atoms with van der Waals surface area (Å²) in [5.41, 5.74) is 0.703. The third-order valence-electron chi connectivity index (χ3n) is 3.58. The van der Waals surface area contributed by atoms with E-state index in [1.165, 1.54) is 39.5 Å². The molecule has 0 unspecified atom stereocenters. The van der Waals surface area contributed by atoms with E-state index in [0.29, 0.717) is 11.3 Å². The molecule has 2 aromatic rings. The van der Waals surface area contributed by atoms with Gasteiger partial charge in [-0.2, -0.15) is 0 Å². The highest BCUT2D eigenvalue weighted by Gasteiger charge is 2.18. The Hall–Kier alpha value is -2.98. The van der Waals surface area contributed by atoms with Gasteiger partial charge < -0.3 is 14.2 Å². The molecule has 9 nitrogen and oxygen atoms in total. The van der Waals surface area contributed by atoms with Crippen molar-refractivity contribution in [1.29, 1.82) is 0 Å². The second-order valence-electron chi connectivity index (χ2n) is 5.22. The Morgan fingerprint density at radius 3 is 2.30 bits per heavy atom. The van der Waals surface area contributed by atoms with Gasteiger partial charge in [0.1, 0.15) is 21.9 Å². The minimum atomic E-state index is -3.87. The molecule has 2 rings (SSSR count). The summed E-state index contributed by atoms with van der Waals surface area (Å²) in [5, 5.41) is 0. The molecule has 0 atom stereocenters. The van der Waals surface area contributed by atoms with Crippen molar-refractivity contribution < 1.29 is 32.2 Å². The maximum absolute atomic E-state index is 12.4. The second kappa shape index (κ2) is 8.60. The van der Waals surface area contributed by atoms with E-state index in [-0.39, 0.29) is 22.7 Å². The Labute approximate surface area is 156 Å². The summed E-state index contributed by atoms with van der Waals surface area (Å²) in [6, 6.07) is 7.14. The first-order valence-electron chi connectivity index (χ1n) is 7.61. The van der Waals surface area contributed by atoms with Gasteiger partial charge in [-0.25, -0.2) is 27.7 Å². The zero-order valence-corrected chi connectivity index (χ0v) is 15.7. The predicted octanol–water partition coefficient (Wildman–Crippen LogP) is 1.14. The molecule has 0 bridgehead atoms. The molecular weight excluding hydrogens is 376 g/mol. The van der Waals surface area contributed by atoms with Crippen LogP contribution >= 0.6 is 0 Å². The van der Waals surface area contributed by atoms with Crippen molar-refractivity contribution in [3.63, 3.8) is 0 Å². The van der Waals surface area contributed by atoms with Gasteiger partial charge in [-0.1, -0.05) is 6.07 Å². The summed E-state index contributed by atoms with van der Waals surface area (Å²) < 4.78 is 41.4. The van der Waals surface area contributed by atoms with Crippen LogP contribution in [0.5, 0.6) is 5.75 Å². The third kappa shape index (κ3) is 4.80. The number of methoxy groups -OCH3 is 3. The molecule has 1 aromatic carbocycles. The molecule has 144 valence electrons. The zero-order chi connectivity index (χ0) is 20.0. The summed E-state index contributed by atoms with van der Waals surface area (Å²) in [7, 11) is -0.0219. The van der Waals surface area contributed by atoms with Crippen molar-refractivity contribution >= 4 is 22.0 Å². The summed E-state index contributed by atoms with van der Waals surface area (Å²) in [6.45, 7) is -0.0743. The van der Waals surface area contributed by atoms with Crippen LogP contribution in [0.1, 0.15) is 26.4 Å². The summed E-state index contributed by atoms with van der Waals surface area (Å²) in [6.07, 6.45) is 1.06. The summed E-state index contributed by atoms with van der Waals surface area (Å²) in [5.74, 6) is -0.948. The summed E-state index contributed by atoms with van der Waals surface area (Å²) >= 11 is 0. The fraction of sp³-hybridized carbons (Fsp3) is 0.235. The van der Waals surface area contributed by atoms with Crippen LogP contribution in [0.4, 0.5) is 0 Å². The first kappa shape index (κ1) is 20.3. The Kier molecular flexibility index (Phi) is 6.48. The van der Waals surface area contributed by atoms with Crippen LogP contribution in [0, 0.1) is 0 Å². The Bertz CT molecular complexity index is 940. The fourth-order valence-corrected chi connectivity index (χ4v) is 3.12. The van der Waals surface area contributed by atoms with Gasteiger partial charge in [0.05, 0.1) is 21.3 Å². The number of aromatic nitrogens is 1. The molecule has 0 radical (unpaired) electrons. The van der Waals surface area contributed by atoms with Gasteiger partial charge in [-0.3, -0.25) is 0 Å². The van der Waals surface area contributed by atoms with Crippen LogP contribution in [-0.4, -0.2) is 46.7 Å². The Morgan fingerprint density at radius 2 is 1.74 bits per heavy atom. The number of nitrogens with zero attached hydrogens (tertiary/aromatic N) is 1. The molecule has 1 N–H and O–H groups in total. The zero-order valence-electron chi connectivity index (χ0n) is 14.9. The predicted molar refractivity (Wildman–Crippen MR) is 93.9 cm³/mol. The molecule has 0 amide bonds. The third-order valence-corrected chi connectivity index (χ3v) is 4.96. The number of benzene rings is 1. The molecule has 1 heterocycles. The number of nitrogens with one attached hydrogen (secondary N) is 1. The number of sulfonamides is 1. The topological polar surface area (TPSA) is 121 Å². The average molecular weight is 394 g/mol. The minimum absolute atomic E-state index is 0.00526. The SMILES string of the molecule is COC(=O)c1ccc(S(=O)(=O)NCc2ccc(OC)c(C(=O)OC)c2)cn1. The molecule has 0 spiro atoms. The van der Waals surface area contributed by atoms with E-state index in [1.54, 1.807) is 12.1 Å². The highest BCUT2D eigenvalue weighted by molar-refractivity contribution is 7.89. The molecule has 0 saturated heterocycles. The Morgan fingerprint density at radius 1 is 1.04 bits per heavy atom. The van der Waals surface area contributed by atoms with Gasteiger partial charge in [0, 0.05) is 12.7 Å². The highest BCUT2D eigenvalue weighted by atomic mass is 32.2. The van der Waals surface area contributed by atoms with Gasteiger partial charge >= 0.3 is 11.9 Å². The van der Waals surface area contributed by atoms with Crippen LogP contribution in [0.25, 0.3) is 0 Å². The number of hydrogen-bond donors (Lipinski definition) is 1. The molecule has 0 aliphatic rings. The quantitative estimate of drug-likeness (QED) is 0.694. The lowest BCUT2D eigenvalue weighted by molar-refractivity contribution is 0.0586. The lowest BCUT2D eigenvalue weighted by Gasteiger charge is -2.10. The lowest BCUT2D eigenvalue weighted by atomic mass is 10.1. The van der Waals surface area contributed by atoms with Crippen molar-refractivity contribution in [1.82, 2.24) is 9.71 Å². The molecule has 1 aromatic heterocycles. The van der Waals surface area contributed by atoms with E-state index in [0.717, 1.165) is 6.20 Å². The molecular formula is C17H18N2O7S. The maximum atomic E-state index is 12.4. The number of carbonyl (C=O) groups is 2. The average Bonchev–Trinajstić information content (AvgIpc) is 2.70. The highest BCUT2D eigenvalue weighted by Crippen LogP contribution is 2.21. The standard InChI is InChI=1S/C17H18N2O7S/c1-24-15-7-4-11(8-13(15)16(20)25-2)9-19-27(22,23)12-5-6-14(18-10-12)17(21)26-3/h4-8,10,19H,9H2,1-3H3. The van der Waals surface area contributed by atoms with E-state index in [9.17, 15) is 18.0 Å². The molecule has 10 heteroatoms. The number of carbonyl (C=O) groups excluding carboxylic acids is 2. The van der Waals surface area contributed by atoms with Crippen LogP contribution < -0.4 is 9.46 Å². The van der Waals surface area contributed by atoms with Crippen LogP contribution in [-0.2, 0) is 26.0 Å². The van der Waals surface area contributed by atoms with Crippen molar-refractivity contribution in [3.8, 4) is 5.75 Å². The number of rotatable bonds is 7. The molecule has 0 aliphatic carbocycles. The van der Waals surface area contributed by atoms with Crippen molar-refractivity contribution in [3.05, 3.63) is 53.3 Å². The smallest absolute Gasteiger partial charge is 0.356 e. The van der Waals surface area contributed by atoms with Gasteiger partial charge in [0.15, 0.2) is 0 Å². The minimum Gasteiger partial charge on any atom is -0.496 e. The van der Waals surface area contributed by atoms with Crippen molar-refractivity contribution in [2.24, 2.45) is 0 Å². The molecule has 27 heavy (non-hydrogen) atoms. The monoisotopic (exact) mass is 394 g/mol. The molecule has 0 saturated carbocycles. The van der Waals surface area contributed by atoms with Crippen molar-refractivity contribution in [2.45, 2.75) is 11.4 Å². The second-order valence-corrected chi connectivity index (χ2v) is 6.99. The van der Waals surface area contributed by atoms with Crippen LogP contribution in [0.15, 0.2) is 41.4 Å². The lowest BCUT2D eigenvalue weighted by Crippen LogP contribution is -2.23. The van der Waals surface area contributed by atoms with Gasteiger partial charge in [0.2, 0.25) is 10.0 Å². The van der Waals surface area contributed by atoms with E-state index in [2.05, 4.69) is 19.2 Å². The van der Waals surface area contributed by atoms with E-state index in [4.69, 9.17) is 4.74 Å². The fourth-order valence-electron chi connectivity index (χ4n) is 2.16. The van der Waals surface area contributed by atoms with Crippen LogP contribution in [0.2, 0.25) is 0 Å². The maximum Gasteiger partial charge on any atom is 0.356 e. The number of hydrogen-bond acceptors (Lipinski definition) is 8. The number of pyridine rings is 1.